The van der Waals surface area contributed by atoms with Crippen molar-refractivity contribution in [2.24, 2.45) is 0 Å². The maximum Gasteiger partial charge on any atom is 0.256 e. The lowest BCUT2D eigenvalue weighted by Crippen LogP contribution is -2.03. The highest BCUT2D eigenvalue weighted by atomic mass is 35.5. The summed E-state index contributed by atoms with van der Waals surface area (Å²) in [6.07, 6.45) is 1.26. The molecule has 106 valence electrons. The fourth-order valence-electron chi connectivity index (χ4n) is 2.17. The molecule has 2 aromatic rings. The Bertz CT molecular complexity index is 803. The van der Waals surface area contributed by atoms with Crippen molar-refractivity contribution >= 4 is 46.4 Å². The molecule has 0 atom stereocenters. The van der Waals surface area contributed by atoms with Gasteiger partial charge >= 0.3 is 0 Å². The van der Waals surface area contributed by atoms with Crippen LogP contribution in [0.5, 0.6) is 0 Å². The van der Waals surface area contributed by atoms with Crippen molar-refractivity contribution < 1.29 is 13.6 Å². The zero-order valence-corrected chi connectivity index (χ0v) is 11.9. The van der Waals surface area contributed by atoms with Crippen molar-refractivity contribution in [3.63, 3.8) is 0 Å². The summed E-state index contributed by atoms with van der Waals surface area (Å²) in [6, 6.07) is 6.93. The van der Waals surface area contributed by atoms with Gasteiger partial charge in [0.25, 0.3) is 5.91 Å². The van der Waals surface area contributed by atoms with E-state index in [0.29, 0.717) is 0 Å². The number of carbonyl (C=O) groups is 1. The topological polar surface area (TPSA) is 29.1 Å². The molecule has 2 nitrogen and oxygen atoms in total. The number of amides is 1. The fourth-order valence-corrected chi connectivity index (χ4v) is 2.56. The Morgan fingerprint density at radius 2 is 1.90 bits per heavy atom. The van der Waals surface area contributed by atoms with Crippen LogP contribution in [0.1, 0.15) is 11.1 Å². The fraction of sp³-hybridized carbons (Fsp3) is 0. The third kappa shape index (κ3) is 2.41. The smallest absolute Gasteiger partial charge is 0.256 e. The molecule has 2 aromatic carbocycles. The summed E-state index contributed by atoms with van der Waals surface area (Å²) in [6.45, 7) is 0. The molecule has 1 N–H and O–H groups in total. The molecule has 0 saturated carbocycles. The van der Waals surface area contributed by atoms with E-state index >= 15 is 0 Å². The van der Waals surface area contributed by atoms with Gasteiger partial charge in [0.05, 0.1) is 16.3 Å². The molecule has 6 heteroatoms. The molecule has 0 aromatic heterocycles. The van der Waals surface area contributed by atoms with E-state index in [1.165, 1.54) is 24.3 Å². The quantitative estimate of drug-likeness (QED) is 0.752. The minimum Gasteiger partial charge on any atom is -0.321 e. The van der Waals surface area contributed by atoms with Crippen molar-refractivity contribution in [2.75, 3.05) is 5.32 Å². The van der Waals surface area contributed by atoms with Crippen LogP contribution in [-0.4, -0.2) is 5.91 Å². The number of nitrogens with one attached hydrogen (secondary N) is 1. The number of hydrogen-bond donors (Lipinski definition) is 1. The largest absolute Gasteiger partial charge is 0.321 e. The Labute approximate surface area is 129 Å². The van der Waals surface area contributed by atoms with E-state index in [4.69, 9.17) is 23.2 Å². The van der Waals surface area contributed by atoms with Gasteiger partial charge in [-0.05, 0) is 24.3 Å². The molecule has 0 saturated heterocycles. The highest BCUT2D eigenvalue weighted by molar-refractivity contribution is 6.37. The second-order valence-corrected chi connectivity index (χ2v) is 5.31. The average Bonchev–Trinajstić information content (AvgIpc) is 2.71. The molecular weight excluding hydrogens is 319 g/mol. The molecular formula is C15H7Cl2F2NO. The van der Waals surface area contributed by atoms with Crippen LogP contribution in [0.3, 0.4) is 0 Å². The van der Waals surface area contributed by atoms with Crippen LogP contribution in [0.25, 0.3) is 11.6 Å². The third-order valence-corrected chi connectivity index (χ3v) is 3.61. The van der Waals surface area contributed by atoms with E-state index in [9.17, 15) is 13.6 Å². The summed E-state index contributed by atoms with van der Waals surface area (Å²) in [7, 11) is 0. The number of hydrogen-bond acceptors (Lipinski definition) is 1. The Morgan fingerprint density at radius 3 is 2.67 bits per heavy atom. The summed E-state index contributed by atoms with van der Waals surface area (Å²) in [5, 5.41) is 2.59. The van der Waals surface area contributed by atoms with E-state index in [0.717, 1.165) is 6.07 Å². The lowest BCUT2D eigenvalue weighted by molar-refractivity contribution is -0.110. The van der Waals surface area contributed by atoms with Crippen LogP contribution >= 0.6 is 23.2 Å². The monoisotopic (exact) mass is 325 g/mol. The summed E-state index contributed by atoms with van der Waals surface area (Å²) < 4.78 is 27.9. The van der Waals surface area contributed by atoms with Crippen LogP contribution in [0.4, 0.5) is 14.5 Å². The average molecular weight is 326 g/mol. The molecule has 1 amide bonds. The van der Waals surface area contributed by atoms with Crippen molar-refractivity contribution in [1.29, 1.82) is 0 Å². The lowest BCUT2D eigenvalue weighted by atomic mass is 10.0. The Hall–Kier alpha value is -1.91. The molecule has 3 rings (SSSR count). The van der Waals surface area contributed by atoms with E-state index in [1.807, 2.05) is 0 Å². The normalized spacial score (nSPS) is 15.2. The van der Waals surface area contributed by atoms with Crippen molar-refractivity contribution in [3.05, 3.63) is 63.1 Å². The van der Waals surface area contributed by atoms with Gasteiger partial charge in [-0.15, -0.1) is 0 Å². The number of anilines is 1. The van der Waals surface area contributed by atoms with Crippen molar-refractivity contribution in [1.82, 2.24) is 0 Å². The minimum absolute atomic E-state index is 0.0281. The Kier molecular flexibility index (Phi) is 3.43. The second kappa shape index (κ2) is 5.13. The van der Waals surface area contributed by atoms with Gasteiger partial charge in [-0.25, -0.2) is 8.78 Å². The van der Waals surface area contributed by atoms with Gasteiger partial charge < -0.3 is 5.32 Å². The lowest BCUT2D eigenvalue weighted by Gasteiger charge is -2.03. The first-order valence-corrected chi connectivity index (χ1v) is 6.69. The maximum atomic E-state index is 14.0. The molecule has 1 heterocycles. The first-order valence-electron chi connectivity index (χ1n) is 5.94. The Balaban J connectivity index is 2.19. The molecule has 0 unspecified atom stereocenters. The zero-order valence-electron chi connectivity index (χ0n) is 10.4. The van der Waals surface area contributed by atoms with E-state index < -0.39 is 17.5 Å². The van der Waals surface area contributed by atoms with Crippen molar-refractivity contribution in [3.8, 4) is 0 Å². The molecule has 21 heavy (non-hydrogen) atoms. The van der Waals surface area contributed by atoms with Gasteiger partial charge in [-0.3, -0.25) is 4.79 Å². The van der Waals surface area contributed by atoms with Crippen molar-refractivity contribution in [2.45, 2.75) is 0 Å². The number of carbonyl (C=O) groups excluding carboxylic acids is 1. The molecule has 0 radical (unpaired) electrons. The van der Waals surface area contributed by atoms with Gasteiger partial charge in [0.1, 0.15) is 11.6 Å². The number of fused-ring (bicyclic) bond motifs is 1. The highest BCUT2D eigenvalue weighted by Gasteiger charge is 2.28. The SMILES string of the molecule is O=C1Nc2cc(Cl)cc(F)c2C1=Cc1cccc(Cl)c1F. The number of halogens is 4. The predicted molar refractivity (Wildman–Crippen MR) is 79.3 cm³/mol. The van der Waals surface area contributed by atoms with Crippen LogP contribution in [-0.2, 0) is 4.79 Å². The standard InChI is InChI=1S/C15H7Cl2F2NO/c16-8-5-11(18)13-9(15(21)20-12(13)6-8)4-7-2-1-3-10(17)14(7)19/h1-6H,(H,20,21). The van der Waals surface area contributed by atoms with Gasteiger partial charge in [-0.2, -0.15) is 0 Å². The summed E-state index contributed by atoms with van der Waals surface area (Å²) in [5.41, 5.74) is 0.470. The van der Waals surface area contributed by atoms with Crippen LogP contribution in [0.2, 0.25) is 10.0 Å². The zero-order chi connectivity index (χ0) is 15.1. The van der Waals surface area contributed by atoms with E-state index in [2.05, 4.69) is 5.32 Å². The van der Waals surface area contributed by atoms with Gasteiger partial charge in [0.15, 0.2) is 0 Å². The van der Waals surface area contributed by atoms with E-state index in [1.54, 1.807) is 6.07 Å². The molecule has 0 fully saturated rings. The van der Waals surface area contributed by atoms with E-state index in [-0.39, 0.29) is 32.4 Å². The third-order valence-electron chi connectivity index (χ3n) is 3.10. The molecule has 1 aliphatic rings. The molecule has 1 aliphatic heterocycles. The van der Waals surface area contributed by atoms with Crippen LogP contribution in [0.15, 0.2) is 30.3 Å². The van der Waals surface area contributed by atoms with Crippen LogP contribution in [0, 0.1) is 11.6 Å². The molecule has 0 spiro atoms. The predicted octanol–water partition coefficient (Wildman–Crippen LogP) is 4.76. The van der Waals surface area contributed by atoms with Gasteiger partial charge in [0.2, 0.25) is 0 Å². The molecule has 0 bridgehead atoms. The second-order valence-electron chi connectivity index (χ2n) is 4.47. The first kappa shape index (κ1) is 14.0. The first-order chi connectivity index (χ1) is 9.97. The number of rotatable bonds is 1. The summed E-state index contributed by atoms with van der Waals surface area (Å²) >= 11 is 11.4. The highest BCUT2D eigenvalue weighted by Crippen LogP contribution is 2.37. The Morgan fingerprint density at radius 1 is 1.14 bits per heavy atom. The van der Waals surface area contributed by atoms with Gasteiger partial charge in [-0.1, -0.05) is 35.3 Å². The number of benzene rings is 2. The maximum absolute atomic E-state index is 14.0. The summed E-state index contributed by atoms with van der Waals surface area (Å²) in [4.78, 5) is 12.0. The minimum atomic E-state index is -0.665. The van der Waals surface area contributed by atoms with Gasteiger partial charge in [0, 0.05) is 16.1 Å². The summed E-state index contributed by atoms with van der Waals surface area (Å²) in [5.74, 6) is -1.84. The van der Waals surface area contributed by atoms with Crippen LogP contribution < -0.4 is 5.32 Å². The molecule has 0 aliphatic carbocycles.